The molecule has 0 aromatic heterocycles. The Hall–Kier alpha value is -0.0400. The smallest absolute Gasteiger partial charge is 0.0568 e. The fourth-order valence-electron chi connectivity index (χ4n) is 2.14. The molecule has 2 atom stereocenters. The molecule has 1 saturated carbocycles. The van der Waals surface area contributed by atoms with Crippen LogP contribution in [0, 0.1) is 11.3 Å². The number of hydrogen-bond acceptors (Lipinski definition) is 1. The molecule has 0 saturated heterocycles. The lowest BCUT2D eigenvalue weighted by atomic mass is 9.70. The maximum absolute atomic E-state index is 9.60. The zero-order valence-corrected chi connectivity index (χ0v) is 7.93. The van der Waals surface area contributed by atoms with Crippen molar-refractivity contribution in [2.45, 2.75) is 52.6 Å². The lowest BCUT2D eigenvalue weighted by Gasteiger charge is -2.38. The minimum atomic E-state index is -0.0203. The number of aliphatic hydroxyl groups is 1. The van der Waals surface area contributed by atoms with Crippen LogP contribution in [0.15, 0.2) is 0 Å². The minimum absolute atomic E-state index is 0.0203. The molecule has 1 aliphatic rings. The third-order valence-corrected chi connectivity index (χ3v) is 3.00. The standard InChI is InChI=1S/C10H20O/c1-4-8-7-10(2,3)6-5-9(8)11/h8-9,11H,4-7H2,1-3H3/t8-,9+/m0/s1. The van der Waals surface area contributed by atoms with Crippen molar-refractivity contribution in [3.05, 3.63) is 0 Å². The maximum atomic E-state index is 9.60. The fourth-order valence-corrected chi connectivity index (χ4v) is 2.14. The SMILES string of the molecule is CC[C@H]1CC(C)(C)CC[C@H]1O. The van der Waals surface area contributed by atoms with E-state index in [2.05, 4.69) is 20.8 Å². The van der Waals surface area contributed by atoms with E-state index in [9.17, 15) is 5.11 Å². The van der Waals surface area contributed by atoms with E-state index in [-0.39, 0.29) is 6.10 Å². The molecule has 1 heteroatoms. The Balaban J connectivity index is 2.51. The van der Waals surface area contributed by atoms with Crippen molar-refractivity contribution in [3.63, 3.8) is 0 Å². The quantitative estimate of drug-likeness (QED) is 0.618. The topological polar surface area (TPSA) is 20.2 Å². The van der Waals surface area contributed by atoms with E-state index in [1.807, 2.05) is 0 Å². The number of aliphatic hydroxyl groups excluding tert-OH is 1. The van der Waals surface area contributed by atoms with Crippen molar-refractivity contribution in [1.82, 2.24) is 0 Å². The van der Waals surface area contributed by atoms with Gasteiger partial charge in [0.2, 0.25) is 0 Å². The van der Waals surface area contributed by atoms with Crippen molar-refractivity contribution in [3.8, 4) is 0 Å². The summed E-state index contributed by atoms with van der Waals surface area (Å²) >= 11 is 0. The van der Waals surface area contributed by atoms with Gasteiger partial charge in [-0.2, -0.15) is 0 Å². The average molecular weight is 156 g/mol. The number of hydrogen-bond donors (Lipinski definition) is 1. The van der Waals surface area contributed by atoms with Crippen LogP contribution >= 0.6 is 0 Å². The molecule has 1 rings (SSSR count). The van der Waals surface area contributed by atoms with Crippen LogP contribution < -0.4 is 0 Å². The molecule has 0 radical (unpaired) electrons. The Morgan fingerprint density at radius 1 is 1.45 bits per heavy atom. The zero-order chi connectivity index (χ0) is 8.48. The summed E-state index contributed by atoms with van der Waals surface area (Å²) in [4.78, 5) is 0. The Kier molecular flexibility index (Phi) is 2.58. The first-order valence-electron chi connectivity index (χ1n) is 4.73. The summed E-state index contributed by atoms with van der Waals surface area (Å²) in [6, 6.07) is 0. The maximum Gasteiger partial charge on any atom is 0.0568 e. The van der Waals surface area contributed by atoms with Gasteiger partial charge in [0.25, 0.3) is 0 Å². The summed E-state index contributed by atoms with van der Waals surface area (Å²) in [5, 5.41) is 9.60. The van der Waals surface area contributed by atoms with Gasteiger partial charge in [-0.25, -0.2) is 0 Å². The van der Waals surface area contributed by atoms with Crippen LogP contribution in [-0.4, -0.2) is 11.2 Å². The molecule has 1 nitrogen and oxygen atoms in total. The van der Waals surface area contributed by atoms with E-state index in [0.717, 1.165) is 12.8 Å². The highest BCUT2D eigenvalue weighted by Gasteiger charge is 2.32. The van der Waals surface area contributed by atoms with Gasteiger partial charge >= 0.3 is 0 Å². The van der Waals surface area contributed by atoms with Crippen molar-refractivity contribution >= 4 is 0 Å². The third-order valence-electron chi connectivity index (χ3n) is 3.00. The van der Waals surface area contributed by atoms with Crippen molar-refractivity contribution in [2.75, 3.05) is 0 Å². The molecule has 66 valence electrons. The van der Waals surface area contributed by atoms with Crippen LogP contribution in [0.5, 0.6) is 0 Å². The molecule has 0 heterocycles. The van der Waals surface area contributed by atoms with Gasteiger partial charge in [-0.1, -0.05) is 27.2 Å². The lowest BCUT2D eigenvalue weighted by molar-refractivity contribution is 0.0200. The highest BCUT2D eigenvalue weighted by atomic mass is 16.3. The van der Waals surface area contributed by atoms with Gasteiger partial charge in [0.15, 0.2) is 0 Å². The predicted octanol–water partition coefficient (Wildman–Crippen LogP) is 2.58. The zero-order valence-electron chi connectivity index (χ0n) is 7.93. The van der Waals surface area contributed by atoms with E-state index in [4.69, 9.17) is 0 Å². The second-order valence-electron chi connectivity index (χ2n) is 4.64. The second-order valence-corrected chi connectivity index (χ2v) is 4.64. The summed E-state index contributed by atoms with van der Waals surface area (Å²) < 4.78 is 0. The summed E-state index contributed by atoms with van der Waals surface area (Å²) in [6.07, 6.45) is 4.50. The van der Waals surface area contributed by atoms with Crippen LogP contribution in [0.4, 0.5) is 0 Å². The van der Waals surface area contributed by atoms with Crippen molar-refractivity contribution < 1.29 is 5.11 Å². The van der Waals surface area contributed by atoms with E-state index < -0.39 is 0 Å². The van der Waals surface area contributed by atoms with Gasteiger partial charge in [0, 0.05) is 0 Å². The van der Waals surface area contributed by atoms with Crippen LogP contribution in [0.1, 0.15) is 46.5 Å². The third kappa shape index (κ3) is 2.19. The normalized spacial score (nSPS) is 37.1. The van der Waals surface area contributed by atoms with E-state index >= 15 is 0 Å². The molecule has 0 amide bonds. The highest BCUT2D eigenvalue weighted by molar-refractivity contribution is 4.83. The van der Waals surface area contributed by atoms with Gasteiger partial charge in [0.05, 0.1) is 6.10 Å². The molecule has 0 spiro atoms. The largest absolute Gasteiger partial charge is 0.393 e. The first kappa shape index (κ1) is 9.05. The molecular weight excluding hydrogens is 136 g/mol. The Morgan fingerprint density at radius 2 is 2.09 bits per heavy atom. The minimum Gasteiger partial charge on any atom is -0.393 e. The van der Waals surface area contributed by atoms with Crippen LogP contribution in [0.25, 0.3) is 0 Å². The van der Waals surface area contributed by atoms with Gasteiger partial charge in [-0.05, 0) is 30.6 Å². The van der Waals surface area contributed by atoms with E-state index in [1.165, 1.54) is 12.8 Å². The molecule has 1 N–H and O–H groups in total. The monoisotopic (exact) mass is 156 g/mol. The number of rotatable bonds is 1. The average Bonchev–Trinajstić information content (AvgIpc) is 1.94. The van der Waals surface area contributed by atoms with Gasteiger partial charge in [-0.3, -0.25) is 0 Å². The molecule has 0 aromatic carbocycles. The van der Waals surface area contributed by atoms with Crippen molar-refractivity contribution in [2.24, 2.45) is 11.3 Å². The summed E-state index contributed by atoms with van der Waals surface area (Å²) in [5.41, 5.74) is 0.472. The lowest BCUT2D eigenvalue weighted by Crippen LogP contribution is -2.32. The highest BCUT2D eigenvalue weighted by Crippen LogP contribution is 2.39. The molecule has 0 aromatic rings. The molecule has 1 aliphatic carbocycles. The second kappa shape index (κ2) is 3.14. The Labute approximate surface area is 69.8 Å². The molecule has 0 bridgehead atoms. The van der Waals surface area contributed by atoms with Gasteiger partial charge < -0.3 is 5.11 Å². The van der Waals surface area contributed by atoms with E-state index in [0.29, 0.717) is 11.3 Å². The van der Waals surface area contributed by atoms with E-state index in [1.54, 1.807) is 0 Å². The predicted molar refractivity (Wildman–Crippen MR) is 47.4 cm³/mol. The first-order chi connectivity index (χ1) is 5.05. The Bertz CT molecular complexity index is 129. The first-order valence-corrected chi connectivity index (χ1v) is 4.73. The molecule has 0 unspecified atom stereocenters. The van der Waals surface area contributed by atoms with Crippen LogP contribution in [-0.2, 0) is 0 Å². The molecule has 11 heavy (non-hydrogen) atoms. The Morgan fingerprint density at radius 3 is 2.55 bits per heavy atom. The van der Waals surface area contributed by atoms with Crippen LogP contribution in [0.3, 0.4) is 0 Å². The summed E-state index contributed by atoms with van der Waals surface area (Å²) in [7, 11) is 0. The molecule has 0 aliphatic heterocycles. The van der Waals surface area contributed by atoms with Crippen LogP contribution in [0.2, 0.25) is 0 Å². The summed E-state index contributed by atoms with van der Waals surface area (Å²) in [5.74, 6) is 0.554. The van der Waals surface area contributed by atoms with Gasteiger partial charge in [0.1, 0.15) is 0 Å². The van der Waals surface area contributed by atoms with Gasteiger partial charge in [-0.15, -0.1) is 0 Å². The molecule has 1 fully saturated rings. The molecular formula is C10H20O. The summed E-state index contributed by atoms with van der Waals surface area (Å²) in [6.45, 7) is 6.79. The van der Waals surface area contributed by atoms with Crippen molar-refractivity contribution in [1.29, 1.82) is 0 Å². The fraction of sp³-hybridized carbons (Fsp3) is 1.00.